The summed E-state index contributed by atoms with van der Waals surface area (Å²) in [6, 6.07) is 4.79. The van der Waals surface area contributed by atoms with Gasteiger partial charge in [0.25, 0.3) is 5.91 Å². The van der Waals surface area contributed by atoms with E-state index in [1.807, 2.05) is 0 Å². The lowest BCUT2D eigenvalue weighted by atomic mass is 9.70. The quantitative estimate of drug-likeness (QED) is 0.626. The standard InChI is InChI=1S/C20H26N2O4/c1-19(2)14-7-8-20(19,3)17(10-14)21-22-18(24)12-26-15-6-5-13(11-23)9-16(15)25-4/h5-6,9,11,14H,7-8,10,12H2,1-4H3,(H,22,24)/b21-17+. The molecular formula is C20H26N2O4. The molecule has 140 valence electrons. The van der Waals surface area contributed by atoms with Crippen LogP contribution >= 0.6 is 0 Å². The number of nitrogens with one attached hydrogen (secondary N) is 1. The molecule has 0 radical (unpaired) electrons. The summed E-state index contributed by atoms with van der Waals surface area (Å²) in [7, 11) is 1.49. The first-order valence-corrected chi connectivity index (χ1v) is 8.93. The molecule has 0 heterocycles. The van der Waals surface area contributed by atoms with Gasteiger partial charge in [-0.1, -0.05) is 20.8 Å². The Morgan fingerprint density at radius 1 is 1.35 bits per heavy atom. The van der Waals surface area contributed by atoms with E-state index in [2.05, 4.69) is 31.3 Å². The van der Waals surface area contributed by atoms with Gasteiger partial charge in [-0.2, -0.15) is 5.10 Å². The lowest BCUT2D eigenvalue weighted by molar-refractivity contribution is -0.123. The highest BCUT2D eigenvalue weighted by Gasteiger charge is 2.59. The van der Waals surface area contributed by atoms with Crippen molar-refractivity contribution in [3.63, 3.8) is 0 Å². The van der Waals surface area contributed by atoms with E-state index in [9.17, 15) is 9.59 Å². The van der Waals surface area contributed by atoms with Gasteiger partial charge < -0.3 is 9.47 Å². The van der Waals surface area contributed by atoms with E-state index in [0.717, 1.165) is 24.8 Å². The van der Waals surface area contributed by atoms with Crippen LogP contribution in [0.5, 0.6) is 11.5 Å². The Kier molecular flexibility index (Phi) is 4.78. The van der Waals surface area contributed by atoms with E-state index in [4.69, 9.17) is 9.47 Å². The molecule has 6 nitrogen and oxygen atoms in total. The van der Waals surface area contributed by atoms with Crippen molar-refractivity contribution in [1.29, 1.82) is 0 Å². The average molecular weight is 358 g/mol. The Morgan fingerprint density at radius 2 is 2.12 bits per heavy atom. The van der Waals surface area contributed by atoms with E-state index in [1.54, 1.807) is 18.2 Å². The number of methoxy groups -OCH3 is 1. The van der Waals surface area contributed by atoms with Gasteiger partial charge in [-0.25, -0.2) is 5.43 Å². The SMILES string of the molecule is COc1cc(C=O)ccc1OCC(=O)N/N=C1\CC2CCC1(C)C2(C)C. The fourth-order valence-electron chi connectivity index (χ4n) is 4.28. The molecule has 3 rings (SSSR count). The van der Waals surface area contributed by atoms with Gasteiger partial charge in [0.15, 0.2) is 18.1 Å². The van der Waals surface area contributed by atoms with Crippen molar-refractivity contribution in [3.05, 3.63) is 23.8 Å². The third-order valence-corrected chi connectivity index (χ3v) is 6.51. The van der Waals surface area contributed by atoms with E-state index in [0.29, 0.717) is 23.0 Å². The molecule has 2 atom stereocenters. The second-order valence-corrected chi connectivity index (χ2v) is 7.90. The monoisotopic (exact) mass is 358 g/mol. The number of fused-ring (bicyclic) bond motifs is 2. The van der Waals surface area contributed by atoms with Crippen LogP contribution in [0.3, 0.4) is 0 Å². The number of hydrogen-bond acceptors (Lipinski definition) is 5. The Bertz CT molecular complexity index is 756. The number of rotatable bonds is 6. The van der Waals surface area contributed by atoms with Crippen molar-refractivity contribution in [3.8, 4) is 11.5 Å². The molecule has 1 amide bonds. The number of carbonyl (C=O) groups excluding carboxylic acids is 2. The largest absolute Gasteiger partial charge is 0.493 e. The number of benzene rings is 1. The van der Waals surface area contributed by atoms with Crippen LogP contribution in [0.15, 0.2) is 23.3 Å². The molecule has 2 fully saturated rings. The summed E-state index contributed by atoms with van der Waals surface area (Å²) >= 11 is 0. The van der Waals surface area contributed by atoms with Crippen LogP contribution in [0.2, 0.25) is 0 Å². The van der Waals surface area contributed by atoms with Crippen LogP contribution < -0.4 is 14.9 Å². The predicted molar refractivity (Wildman–Crippen MR) is 98.7 cm³/mol. The summed E-state index contributed by atoms with van der Waals surface area (Å²) in [4.78, 5) is 22.9. The van der Waals surface area contributed by atoms with Crippen molar-refractivity contribution in [2.75, 3.05) is 13.7 Å². The maximum atomic E-state index is 12.1. The van der Waals surface area contributed by atoms with Crippen LogP contribution in [0.25, 0.3) is 0 Å². The summed E-state index contributed by atoms with van der Waals surface area (Å²) < 4.78 is 10.7. The summed E-state index contributed by atoms with van der Waals surface area (Å²) in [5, 5.41) is 4.41. The zero-order valence-corrected chi connectivity index (χ0v) is 15.8. The summed E-state index contributed by atoms with van der Waals surface area (Å²) in [6.07, 6.45) is 4.03. The highest BCUT2D eigenvalue weighted by Crippen LogP contribution is 2.63. The topological polar surface area (TPSA) is 77.0 Å². The van der Waals surface area contributed by atoms with E-state index in [1.165, 1.54) is 13.5 Å². The molecule has 0 aromatic heterocycles. The highest BCUT2D eigenvalue weighted by molar-refractivity contribution is 5.95. The van der Waals surface area contributed by atoms with Gasteiger partial charge in [0.05, 0.1) is 7.11 Å². The minimum atomic E-state index is -0.316. The zero-order valence-electron chi connectivity index (χ0n) is 15.8. The number of ether oxygens (including phenoxy) is 2. The van der Waals surface area contributed by atoms with Crippen molar-refractivity contribution in [1.82, 2.24) is 5.43 Å². The normalized spacial score (nSPS) is 27.4. The van der Waals surface area contributed by atoms with Crippen LogP contribution in [0.1, 0.15) is 50.4 Å². The Morgan fingerprint density at radius 3 is 2.69 bits per heavy atom. The van der Waals surface area contributed by atoms with Crippen LogP contribution in [0.4, 0.5) is 0 Å². The lowest BCUT2D eigenvalue weighted by Crippen LogP contribution is -2.35. The maximum Gasteiger partial charge on any atom is 0.277 e. The maximum absolute atomic E-state index is 12.1. The minimum absolute atomic E-state index is 0.0552. The third kappa shape index (κ3) is 2.97. The van der Waals surface area contributed by atoms with Gasteiger partial charge >= 0.3 is 0 Å². The molecule has 26 heavy (non-hydrogen) atoms. The molecule has 2 saturated carbocycles. The fraction of sp³-hybridized carbons (Fsp3) is 0.550. The Labute approximate surface area is 153 Å². The van der Waals surface area contributed by atoms with Crippen molar-refractivity contribution < 1.29 is 19.1 Å². The van der Waals surface area contributed by atoms with Gasteiger partial charge in [0.2, 0.25) is 0 Å². The molecule has 2 aliphatic rings. The smallest absolute Gasteiger partial charge is 0.277 e. The molecule has 0 aliphatic heterocycles. The molecule has 1 aromatic rings. The molecule has 6 heteroatoms. The van der Waals surface area contributed by atoms with E-state index < -0.39 is 0 Å². The van der Waals surface area contributed by atoms with Crippen molar-refractivity contribution >= 4 is 17.9 Å². The molecule has 2 aliphatic carbocycles. The molecular weight excluding hydrogens is 332 g/mol. The second kappa shape index (κ2) is 6.74. The second-order valence-electron chi connectivity index (χ2n) is 7.90. The van der Waals surface area contributed by atoms with Gasteiger partial charge in [0.1, 0.15) is 6.29 Å². The number of hydrogen-bond donors (Lipinski definition) is 1. The Balaban J connectivity index is 1.60. The van der Waals surface area contributed by atoms with E-state index >= 15 is 0 Å². The molecule has 2 unspecified atom stereocenters. The molecule has 1 N–H and O–H groups in total. The number of carbonyl (C=O) groups is 2. The first-order valence-electron chi connectivity index (χ1n) is 8.93. The van der Waals surface area contributed by atoms with Gasteiger partial charge in [-0.15, -0.1) is 0 Å². The Hall–Kier alpha value is -2.37. The van der Waals surface area contributed by atoms with Gasteiger partial charge in [0, 0.05) is 16.7 Å². The number of aldehydes is 1. The van der Waals surface area contributed by atoms with Crippen molar-refractivity contribution in [2.24, 2.45) is 21.8 Å². The number of hydrazone groups is 1. The summed E-state index contributed by atoms with van der Waals surface area (Å²) in [6.45, 7) is 6.68. The number of amides is 1. The summed E-state index contributed by atoms with van der Waals surface area (Å²) in [5.74, 6) is 1.15. The third-order valence-electron chi connectivity index (χ3n) is 6.51. The van der Waals surface area contributed by atoms with Crippen LogP contribution in [-0.4, -0.2) is 31.6 Å². The zero-order chi connectivity index (χ0) is 18.9. The van der Waals surface area contributed by atoms with Gasteiger partial charge in [-0.3, -0.25) is 9.59 Å². The first-order chi connectivity index (χ1) is 12.3. The van der Waals surface area contributed by atoms with Crippen LogP contribution in [0, 0.1) is 16.7 Å². The van der Waals surface area contributed by atoms with Crippen LogP contribution in [-0.2, 0) is 4.79 Å². The fourth-order valence-corrected chi connectivity index (χ4v) is 4.28. The average Bonchev–Trinajstić information content (AvgIpc) is 2.97. The first kappa shape index (κ1) is 18.4. The summed E-state index contributed by atoms with van der Waals surface area (Å²) in [5.41, 5.74) is 4.47. The molecule has 0 saturated heterocycles. The predicted octanol–water partition coefficient (Wildman–Crippen LogP) is 3.20. The minimum Gasteiger partial charge on any atom is -0.493 e. The molecule has 0 spiro atoms. The number of nitrogens with zero attached hydrogens (tertiary/aromatic N) is 1. The van der Waals surface area contributed by atoms with Crippen molar-refractivity contribution in [2.45, 2.75) is 40.0 Å². The van der Waals surface area contributed by atoms with Gasteiger partial charge in [-0.05, 0) is 48.8 Å². The lowest BCUT2D eigenvalue weighted by Gasteiger charge is -2.34. The molecule has 1 aromatic carbocycles. The molecule has 2 bridgehead atoms. The van der Waals surface area contributed by atoms with E-state index in [-0.39, 0.29) is 23.3 Å². The highest BCUT2D eigenvalue weighted by atomic mass is 16.5.